The minimum atomic E-state index is -0.989. The first-order valence-corrected chi connectivity index (χ1v) is 13.6. The zero-order valence-corrected chi connectivity index (χ0v) is 24.3. The van der Waals surface area contributed by atoms with Crippen LogP contribution in [0.25, 0.3) is 22.5 Å². The Balaban J connectivity index is 1.59. The molecule has 0 spiro atoms. The van der Waals surface area contributed by atoms with Gasteiger partial charge in [0.2, 0.25) is 5.91 Å². The standard InChI is InChI=1S/C30H33ClN6O4/c1-18(2)37-16-22(9-13-27(37)38)21-8-12-25(31)23(14-21)15-26(34-30(40)41-19(3)4)29(39)33-24-10-6-20(7-11-24)28-35-32-17-36(28)5/h6-14,16-19,26H,15H2,1-5H3,(H,33,39)(H,34,40)/t26-/m0/s1. The third-order valence-electron chi connectivity index (χ3n) is 6.37. The average molecular weight is 577 g/mol. The molecule has 0 aliphatic carbocycles. The van der Waals surface area contributed by atoms with Crippen molar-refractivity contribution in [2.75, 3.05) is 5.32 Å². The van der Waals surface area contributed by atoms with Crippen LogP contribution in [0.4, 0.5) is 10.5 Å². The Kier molecular flexibility index (Phi) is 9.24. The van der Waals surface area contributed by atoms with E-state index in [2.05, 4.69) is 20.8 Å². The number of amides is 2. The van der Waals surface area contributed by atoms with Gasteiger partial charge in [-0.1, -0.05) is 17.7 Å². The molecule has 2 aromatic heterocycles. The van der Waals surface area contributed by atoms with Gasteiger partial charge in [0.25, 0.3) is 5.56 Å². The van der Waals surface area contributed by atoms with E-state index in [0.29, 0.717) is 22.1 Å². The van der Waals surface area contributed by atoms with Crippen molar-refractivity contribution in [3.63, 3.8) is 0 Å². The molecule has 0 bridgehead atoms. The Morgan fingerprint density at radius 2 is 1.66 bits per heavy atom. The van der Waals surface area contributed by atoms with E-state index in [1.165, 1.54) is 6.07 Å². The number of benzene rings is 2. The smallest absolute Gasteiger partial charge is 0.408 e. The molecule has 0 aliphatic rings. The number of pyridine rings is 1. The van der Waals surface area contributed by atoms with Gasteiger partial charge in [0.05, 0.1) is 6.10 Å². The number of ether oxygens (including phenoxy) is 1. The van der Waals surface area contributed by atoms with E-state index in [4.69, 9.17) is 16.3 Å². The minimum Gasteiger partial charge on any atom is -0.447 e. The molecule has 2 N–H and O–H groups in total. The zero-order chi connectivity index (χ0) is 29.7. The first kappa shape index (κ1) is 29.5. The van der Waals surface area contributed by atoms with E-state index in [0.717, 1.165) is 16.7 Å². The third kappa shape index (κ3) is 7.40. The lowest BCUT2D eigenvalue weighted by atomic mass is 9.99. The first-order valence-electron chi connectivity index (χ1n) is 13.2. The molecule has 41 heavy (non-hydrogen) atoms. The van der Waals surface area contributed by atoms with Crippen molar-refractivity contribution in [1.29, 1.82) is 0 Å². The van der Waals surface area contributed by atoms with Gasteiger partial charge >= 0.3 is 6.09 Å². The molecule has 0 radical (unpaired) electrons. The molecular formula is C30H33ClN6O4. The van der Waals surface area contributed by atoms with E-state index in [1.807, 2.05) is 45.2 Å². The number of halogens is 1. The summed E-state index contributed by atoms with van der Waals surface area (Å²) in [6, 6.07) is 14.9. The molecule has 0 aliphatic heterocycles. The fraction of sp³-hybridized carbons (Fsp3) is 0.300. The molecule has 214 valence electrons. The Morgan fingerprint density at radius 1 is 0.976 bits per heavy atom. The number of carbonyl (C=O) groups excluding carboxylic acids is 2. The fourth-order valence-electron chi connectivity index (χ4n) is 4.28. The monoisotopic (exact) mass is 576 g/mol. The van der Waals surface area contributed by atoms with Crippen LogP contribution in [0.3, 0.4) is 0 Å². The minimum absolute atomic E-state index is 0.00655. The van der Waals surface area contributed by atoms with Crippen LogP contribution in [0.15, 0.2) is 71.9 Å². The number of rotatable bonds is 9. The molecule has 0 fully saturated rings. The van der Waals surface area contributed by atoms with Gasteiger partial charge in [0.15, 0.2) is 5.82 Å². The second kappa shape index (κ2) is 12.8. The molecule has 2 heterocycles. The Bertz CT molecular complexity index is 1590. The molecule has 2 amide bonds. The van der Waals surface area contributed by atoms with Gasteiger partial charge in [-0.05, 0) is 86.8 Å². The van der Waals surface area contributed by atoms with Crippen molar-refractivity contribution in [1.82, 2.24) is 24.6 Å². The largest absolute Gasteiger partial charge is 0.447 e. The molecule has 1 atom stereocenters. The maximum atomic E-state index is 13.4. The summed E-state index contributed by atoms with van der Waals surface area (Å²) < 4.78 is 8.69. The Morgan fingerprint density at radius 3 is 2.29 bits per heavy atom. The van der Waals surface area contributed by atoms with Crippen LogP contribution in [-0.2, 0) is 23.0 Å². The third-order valence-corrected chi connectivity index (χ3v) is 6.74. The zero-order valence-electron chi connectivity index (χ0n) is 23.6. The maximum Gasteiger partial charge on any atom is 0.408 e. The van der Waals surface area contributed by atoms with Gasteiger partial charge in [0, 0.05) is 48.0 Å². The number of hydrogen-bond donors (Lipinski definition) is 2. The van der Waals surface area contributed by atoms with E-state index in [1.54, 1.807) is 59.8 Å². The molecular weight excluding hydrogens is 544 g/mol. The van der Waals surface area contributed by atoms with Gasteiger partial charge in [-0.2, -0.15) is 0 Å². The molecule has 2 aromatic carbocycles. The average Bonchev–Trinajstić information content (AvgIpc) is 3.35. The van der Waals surface area contributed by atoms with Crippen LogP contribution >= 0.6 is 11.6 Å². The fourth-order valence-corrected chi connectivity index (χ4v) is 4.48. The number of aromatic nitrogens is 4. The summed E-state index contributed by atoms with van der Waals surface area (Å²) in [5.41, 5.74) is 3.59. The molecule has 4 rings (SSSR count). The molecule has 4 aromatic rings. The number of anilines is 1. The lowest BCUT2D eigenvalue weighted by Gasteiger charge is -2.20. The van der Waals surface area contributed by atoms with Gasteiger partial charge in [-0.25, -0.2) is 4.79 Å². The Hall–Kier alpha value is -4.44. The van der Waals surface area contributed by atoms with Crippen molar-refractivity contribution in [3.8, 4) is 22.5 Å². The number of nitrogens with zero attached hydrogens (tertiary/aromatic N) is 4. The van der Waals surface area contributed by atoms with Crippen molar-refractivity contribution in [2.45, 2.75) is 52.3 Å². The van der Waals surface area contributed by atoms with Crippen molar-refractivity contribution in [3.05, 3.63) is 88.1 Å². The number of aryl methyl sites for hydroxylation is 1. The Labute approximate surface area is 243 Å². The predicted molar refractivity (Wildman–Crippen MR) is 159 cm³/mol. The normalized spacial score (nSPS) is 11.9. The van der Waals surface area contributed by atoms with E-state index in [9.17, 15) is 14.4 Å². The summed E-state index contributed by atoms with van der Waals surface area (Å²) in [7, 11) is 1.85. The van der Waals surface area contributed by atoms with Crippen molar-refractivity contribution < 1.29 is 14.3 Å². The molecule has 10 nitrogen and oxygen atoms in total. The van der Waals surface area contributed by atoms with Crippen LogP contribution in [0.2, 0.25) is 5.02 Å². The number of hydrogen-bond acceptors (Lipinski definition) is 6. The van der Waals surface area contributed by atoms with Gasteiger partial charge in [-0.3, -0.25) is 9.59 Å². The van der Waals surface area contributed by atoms with Gasteiger partial charge < -0.3 is 24.5 Å². The highest BCUT2D eigenvalue weighted by atomic mass is 35.5. The predicted octanol–water partition coefficient (Wildman–Crippen LogP) is 5.23. The summed E-state index contributed by atoms with van der Waals surface area (Å²) in [4.78, 5) is 38.2. The first-order chi connectivity index (χ1) is 19.5. The summed E-state index contributed by atoms with van der Waals surface area (Å²) in [6.07, 6.45) is 2.43. The van der Waals surface area contributed by atoms with Crippen LogP contribution in [0.5, 0.6) is 0 Å². The van der Waals surface area contributed by atoms with E-state index in [-0.39, 0.29) is 24.1 Å². The van der Waals surface area contributed by atoms with Crippen LogP contribution in [-0.4, -0.2) is 43.5 Å². The molecule has 0 saturated carbocycles. The quantitative estimate of drug-likeness (QED) is 0.281. The summed E-state index contributed by atoms with van der Waals surface area (Å²) in [5.74, 6) is 0.254. The van der Waals surface area contributed by atoms with Gasteiger partial charge in [-0.15, -0.1) is 10.2 Å². The highest BCUT2D eigenvalue weighted by molar-refractivity contribution is 6.31. The molecule has 11 heteroatoms. The van der Waals surface area contributed by atoms with E-state index >= 15 is 0 Å². The van der Waals surface area contributed by atoms with Gasteiger partial charge in [0.1, 0.15) is 12.4 Å². The highest BCUT2D eigenvalue weighted by Crippen LogP contribution is 2.27. The summed E-state index contributed by atoms with van der Waals surface area (Å²) >= 11 is 6.56. The van der Waals surface area contributed by atoms with Crippen molar-refractivity contribution >= 4 is 29.3 Å². The second-order valence-corrected chi connectivity index (χ2v) is 10.7. The number of alkyl carbamates (subject to hydrolysis) is 1. The second-order valence-electron chi connectivity index (χ2n) is 10.3. The summed E-state index contributed by atoms with van der Waals surface area (Å²) in [6.45, 7) is 7.33. The van der Waals surface area contributed by atoms with Crippen LogP contribution in [0, 0.1) is 0 Å². The lowest BCUT2D eigenvalue weighted by molar-refractivity contribution is -0.118. The topological polar surface area (TPSA) is 120 Å². The molecule has 0 saturated heterocycles. The number of carbonyl (C=O) groups is 2. The molecule has 0 unspecified atom stereocenters. The lowest BCUT2D eigenvalue weighted by Crippen LogP contribution is -2.46. The van der Waals surface area contributed by atoms with E-state index < -0.39 is 18.0 Å². The van der Waals surface area contributed by atoms with Crippen molar-refractivity contribution in [2.24, 2.45) is 7.05 Å². The highest BCUT2D eigenvalue weighted by Gasteiger charge is 2.24. The maximum absolute atomic E-state index is 13.4. The SMILES string of the molecule is CC(C)OC(=O)N[C@@H](Cc1cc(-c2ccc(=O)n(C(C)C)c2)ccc1Cl)C(=O)Nc1ccc(-c2nncn2C)cc1. The van der Waals surface area contributed by atoms with Crippen LogP contribution < -0.4 is 16.2 Å². The number of nitrogens with one attached hydrogen (secondary N) is 2. The van der Waals surface area contributed by atoms with Crippen LogP contribution in [0.1, 0.15) is 39.3 Å². The summed E-state index contributed by atoms with van der Waals surface area (Å²) in [5, 5.41) is 14.0.